The van der Waals surface area contributed by atoms with Crippen LogP contribution in [0.25, 0.3) is 0 Å². The number of aromatic nitrogens is 1. The number of nitrogens with one attached hydrogen (secondary N) is 2. The molecule has 0 aliphatic carbocycles. The van der Waals surface area contributed by atoms with Crippen molar-refractivity contribution in [2.45, 2.75) is 25.8 Å². The van der Waals surface area contributed by atoms with Crippen molar-refractivity contribution in [3.63, 3.8) is 0 Å². The number of hydrogen-bond donors (Lipinski definition) is 2. The Morgan fingerprint density at radius 2 is 2.25 bits per heavy atom. The standard InChI is InChI=1S/C18H20FN3O2/c1-24-16-6-2-5-15(19)14(16)10-17(23)21-11-13-8-7-12-4-3-9-20-18(12)22-13/h2,5-8H,3-4,9-11H2,1H3,(H,20,22)(H,21,23). The highest BCUT2D eigenvalue weighted by Crippen LogP contribution is 2.22. The molecule has 0 atom stereocenters. The summed E-state index contributed by atoms with van der Waals surface area (Å²) in [5.74, 6) is 0.552. The number of aryl methyl sites for hydroxylation is 1. The van der Waals surface area contributed by atoms with Crippen LogP contribution in [0.1, 0.15) is 23.2 Å². The quantitative estimate of drug-likeness (QED) is 0.884. The van der Waals surface area contributed by atoms with Gasteiger partial charge in [-0.1, -0.05) is 12.1 Å². The van der Waals surface area contributed by atoms with Gasteiger partial charge < -0.3 is 15.4 Å². The first-order valence-electron chi connectivity index (χ1n) is 7.98. The SMILES string of the molecule is COc1cccc(F)c1CC(=O)NCc1ccc2c(n1)NCCC2. The van der Waals surface area contributed by atoms with Crippen LogP contribution in [0, 0.1) is 5.82 Å². The fraction of sp³-hybridized carbons (Fsp3) is 0.333. The summed E-state index contributed by atoms with van der Waals surface area (Å²) < 4.78 is 19.0. The third-order valence-corrected chi connectivity index (χ3v) is 4.05. The number of fused-ring (bicyclic) bond motifs is 1. The number of methoxy groups -OCH3 is 1. The third kappa shape index (κ3) is 3.64. The summed E-state index contributed by atoms with van der Waals surface area (Å²) in [5.41, 5.74) is 2.24. The third-order valence-electron chi connectivity index (χ3n) is 4.05. The van der Waals surface area contributed by atoms with Crippen molar-refractivity contribution in [3.8, 4) is 5.75 Å². The lowest BCUT2D eigenvalue weighted by Crippen LogP contribution is -2.26. The maximum absolute atomic E-state index is 13.9. The first-order chi connectivity index (χ1) is 11.7. The lowest BCUT2D eigenvalue weighted by molar-refractivity contribution is -0.120. The zero-order valence-electron chi connectivity index (χ0n) is 13.6. The smallest absolute Gasteiger partial charge is 0.224 e. The zero-order chi connectivity index (χ0) is 16.9. The van der Waals surface area contributed by atoms with E-state index in [4.69, 9.17) is 4.74 Å². The number of pyridine rings is 1. The summed E-state index contributed by atoms with van der Waals surface area (Å²) in [7, 11) is 1.46. The number of anilines is 1. The maximum atomic E-state index is 13.9. The Kier molecular flexibility index (Phi) is 4.93. The lowest BCUT2D eigenvalue weighted by Gasteiger charge is -2.17. The van der Waals surface area contributed by atoms with E-state index < -0.39 is 5.82 Å². The molecule has 0 bridgehead atoms. The number of carbonyl (C=O) groups is 1. The molecule has 24 heavy (non-hydrogen) atoms. The largest absolute Gasteiger partial charge is 0.496 e. The number of nitrogens with zero attached hydrogens (tertiary/aromatic N) is 1. The molecule has 6 heteroatoms. The van der Waals surface area contributed by atoms with Gasteiger partial charge in [-0.3, -0.25) is 4.79 Å². The minimum absolute atomic E-state index is 0.0704. The molecule has 2 heterocycles. The highest BCUT2D eigenvalue weighted by atomic mass is 19.1. The highest BCUT2D eigenvalue weighted by Gasteiger charge is 2.14. The van der Waals surface area contributed by atoms with Crippen LogP contribution in [0.5, 0.6) is 5.75 Å². The van der Waals surface area contributed by atoms with Gasteiger partial charge in [0.1, 0.15) is 17.4 Å². The van der Waals surface area contributed by atoms with Gasteiger partial charge in [0.2, 0.25) is 5.91 Å². The average molecular weight is 329 g/mol. The molecule has 126 valence electrons. The normalized spacial score (nSPS) is 12.9. The van der Waals surface area contributed by atoms with Gasteiger partial charge in [0.05, 0.1) is 25.8 Å². The van der Waals surface area contributed by atoms with E-state index in [2.05, 4.69) is 15.6 Å². The number of carbonyl (C=O) groups excluding carboxylic acids is 1. The van der Waals surface area contributed by atoms with E-state index in [0.29, 0.717) is 12.3 Å². The van der Waals surface area contributed by atoms with E-state index in [1.807, 2.05) is 12.1 Å². The first-order valence-corrected chi connectivity index (χ1v) is 7.98. The van der Waals surface area contributed by atoms with Gasteiger partial charge in [0, 0.05) is 12.1 Å². The molecule has 0 fully saturated rings. The molecule has 1 aliphatic rings. The second-order valence-corrected chi connectivity index (χ2v) is 5.71. The molecular weight excluding hydrogens is 309 g/mol. The Bertz CT molecular complexity index is 749. The van der Waals surface area contributed by atoms with Crippen LogP contribution < -0.4 is 15.4 Å². The number of benzene rings is 1. The molecule has 5 nitrogen and oxygen atoms in total. The maximum Gasteiger partial charge on any atom is 0.224 e. The van der Waals surface area contributed by atoms with Crippen LogP contribution >= 0.6 is 0 Å². The second-order valence-electron chi connectivity index (χ2n) is 5.71. The summed E-state index contributed by atoms with van der Waals surface area (Å²) in [5, 5.41) is 6.04. The van der Waals surface area contributed by atoms with Crippen molar-refractivity contribution in [3.05, 3.63) is 53.0 Å². The van der Waals surface area contributed by atoms with Crippen molar-refractivity contribution in [2.75, 3.05) is 19.0 Å². The fourth-order valence-electron chi connectivity index (χ4n) is 2.78. The summed E-state index contributed by atoms with van der Waals surface area (Å²) in [4.78, 5) is 16.6. The van der Waals surface area contributed by atoms with Gasteiger partial charge in [0.15, 0.2) is 0 Å². The van der Waals surface area contributed by atoms with Crippen molar-refractivity contribution in [2.24, 2.45) is 0 Å². The molecule has 2 N–H and O–H groups in total. The Morgan fingerprint density at radius 3 is 3.08 bits per heavy atom. The van der Waals surface area contributed by atoms with Crippen LogP contribution in [-0.2, 0) is 24.2 Å². The molecule has 1 amide bonds. The Hall–Kier alpha value is -2.63. The molecule has 0 unspecified atom stereocenters. The van der Waals surface area contributed by atoms with Gasteiger partial charge in [0.25, 0.3) is 0 Å². The summed E-state index contributed by atoms with van der Waals surface area (Å²) in [6.07, 6.45) is 2.06. The van der Waals surface area contributed by atoms with Crippen LogP contribution in [0.4, 0.5) is 10.2 Å². The van der Waals surface area contributed by atoms with Crippen molar-refractivity contribution >= 4 is 11.7 Å². The first kappa shape index (κ1) is 16.2. The van der Waals surface area contributed by atoms with E-state index in [1.165, 1.54) is 18.7 Å². The molecule has 1 aromatic carbocycles. The van der Waals surface area contributed by atoms with E-state index in [9.17, 15) is 9.18 Å². The van der Waals surface area contributed by atoms with Crippen LogP contribution in [0.3, 0.4) is 0 Å². The van der Waals surface area contributed by atoms with Gasteiger partial charge >= 0.3 is 0 Å². The molecule has 0 radical (unpaired) electrons. The number of ether oxygens (including phenoxy) is 1. The predicted octanol–water partition coefficient (Wildman–Crippen LogP) is 2.45. The minimum Gasteiger partial charge on any atom is -0.496 e. The van der Waals surface area contributed by atoms with Crippen LogP contribution in [0.15, 0.2) is 30.3 Å². The van der Waals surface area contributed by atoms with Crippen molar-refractivity contribution in [1.82, 2.24) is 10.3 Å². The van der Waals surface area contributed by atoms with E-state index in [1.54, 1.807) is 12.1 Å². The molecule has 2 aromatic rings. The summed E-state index contributed by atoms with van der Waals surface area (Å²) >= 11 is 0. The molecule has 3 rings (SSSR count). The zero-order valence-corrected chi connectivity index (χ0v) is 13.6. The van der Waals surface area contributed by atoms with Crippen molar-refractivity contribution in [1.29, 1.82) is 0 Å². The summed E-state index contributed by atoms with van der Waals surface area (Å²) in [6, 6.07) is 8.47. The molecule has 1 aliphatic heterocycles. The van der Waals surface area contributed by atoms with Gasteiger partial charge in [-0.25, -0.2) is 9.37 Å². The van der Waals surface area contributed by atoms with Gasteiger partial charge in [-0.2, -0.15) is 0 Å². The van der Waals surface area contributed by atoms with Crippen molar-refractivity contribution < 1.29 is 13.9 Å². The number of rotatable bonds is 5. The van der Waals surface area contributed by atoms with E-state index >= 15 is 0 Å². The van der Waals surface area contributed by atoms with Crippen LogP contribution in [-0.4, -0.2) is 24.5 Å². The second kappa shape index (κ2) is 7.29. The predicted molar refractivity (Wildman–Crippen MR) is 89.6 cm³/mol. The average Bonchev–Trinajstić information content (AvgIpc) is 2.61. The lowest BCUT2D eigenvalue weighted by atomic mass is 10.1. The van der Waals surface area contributed by atoms with E-state index in [0.717, 1.165) is 30.9 Å². The van der Waals surface area contributed by atoms with Crippen LogP contribution in [0.2, 0.25) is 0 Å². The Balaban J connectivity index is 1.62. The molecule has 0 spiro atoms. The highest BCUT2D eigenvalue weighted by molar-refractivity contribution is 5.79. The molecule has 0 saturated carbocycles. The Labute approximate surface area is 140 Å². The molecular formula is C18H20FN3O2. The number of amides is 1. The molecule has 1 aromatic heterocycles. The number of hydrogen-bond acceptors (Lipinski definition) is 4. The minimum atomic E-state index is -0.444. The topological polar surface area (TPSA) is 63.2 Å². The molecule has 0 saturated heterocycles. The monoisotopic (exact) mass is 329 g/mol. The number of halogens is 1. The Morgan fingerprint density at radius 1 is 1.38 bits per heavy atom. The fourth-order valence-corrected chi connectivity index (χ4v) is 2.78. The van der Waals surface area contributed by atoms with Gasteiger partial charge in [-0.05, 0) is 36.6 Å². The summed E-state index contributed by atoms with van der Waals surface area (Å²) in [6.45, 7) is 1.23. The van der Waals surface area contributed by atoms with E-state index in [-0.39, 0.29) is 17.9 Å². The van der Waals surface area contributed by atoms with Gasteiger partial charge in [-0.15, -0.1) is 0 Å².